The molecule has 0 spiro atoms. The summed E-state index contributed by atoms with van der Waals surface area (Å²) in [4.78, 5) is 12.0. The van der Waals surface area contributed by atoms with Gasteiger partial charge in [-0.2, -0.15) is 26.3 Å². The van der Waals surface area contributed by atoms with Crippen LogP contribution in [0.5, 0.6) is 0 Å². The Hall–Kier alpha value is -3.11. The van der Waals surface area contributed by atoms with E-state index >= 15 is 0 Å². The Morgan fingerprint density at radius 3 is 1.95 bits per heavy atom. The Morgan fingerprint density at radius 2 is 1.50 bits per heavy atom. The van der Waals surface area contributed by atoms with E-state index in [-0.39, 0.29) is 37.1 Å². The molecule has 0 heterocycles. The minimum Gasteiger partial charge on any atom is -0.371 e. The molecule has 38 heavy (non-hydrogen) atoms. The number of rotatable bonds is 12. The number of carbonyl (C=O) groups excluding carboxylic acids is 1. The van der Waals surface area contributed by atoms with Crippen LogP contribution in [0.1, 0.15) is 55.5 Å². The van der Waals surface area contributed by atoms with Crippen molar-refractivity contribution >= 4 is 5.91 Å². The van der Waals surface area contributed by atoms with E-state index in [1.54, 1.807) is 56.3 Å². The summed E-state index contributed by atoms with van der Waals surface area (Å²) >= 11 is 0. The van der Waals surface area contributed by atoms with Crippen LogP contribution in [0.3, 0.4) is 0 Å². The van der Waals surface area contributed by atoms with Gasteiger partial charge in [0.15, 0.2) is 0 Å². The quantitative estimate of drug-likeness (QED) is 0.226. The van der Waals surface area contributed by atoms with Crippen molar-refractivity contribution in [2.75, 3.05) is 13.2 Å². The molecule has 0 bridgehead atoms. The highest BCUT2D eigenvalue weighted by molar-refractivity contribution is 5.76. The number of amides is 1. The molecule has 2 rings (SSSR count). The monoisotopic (exact) mass is 542 g/mol. The molecule has 1 amide bonds. The van der Waals surface area contributed by atoms with Gasteiger partial charge >= 0.3 is 12.4 Å². The number of halogens is 6. The third-order valence-corrected chi connectivity index (χ3v) is 6.25. The fourth-order valence-electron chi connectivity index (χ4n) is 3.70. The van der Waals surface area contributed by atoms with Gasteiger partial charge in [0.2, 0.25) is 5.91 Å². The number of hydrogen-bond acceptors (Lipinski definition) is 3. The Morgan fingerprint density at radius 1 is 0.947 bits per heavy atom. The van der Waals surface area contributed by atoms with Crippen molar-refractivity contribution in [1.82, 2.24) is 10.6 Å². The summed E-state index contributed by atoms with van der Waals surface area (Å²) in [6.45, 7) is 12.5. The molecule has 4 nitrogen and oxygen atoms in total. The number of ether oxygens (including phenoxy) is 1. The lowest BCUT2D eigenvalue weighted by atomic mass is 9.89. The van der Waals surface area contributed by atoms with Crippen molar-refractivity contribution in [2.24, 2.45) is 0 Å². The smallest absolute Gasteiger partial charge is 0.371 e. The van der Waals surface area contributed by atoms with Crippen molar-refractivity contribution in [3.8, 4) is 0 Å². The first-order chi connectivity index (χ1) is 17.6. The lowest BCUT2D eigenvalue weighted by molar-refractivity contribution is -0.143. The van der Waals surface area contributed by atoms with Crippen LogP contribution in [0.15, 0.2) is 73.8 Å². The molecule has 0 aromatic heterocycles. The molecule has 0 saturated heterocycles. The minimum absolute atomic E-state index is 0.0799. The van der Waals surface area contributed by atoms with Gasteiger partial charge in [0.25, 0.3) is 0 Å². The summed E-state index contributed by atoms with van der Waals surface area (Å²) in [5, 5.41) is 6.17. The molecule has 208 valence electrons. The van der Waals surface area contributed by atoms with E-state index in [4.69, 9.17) is 4.74 Å². The van der Waals surface area contributed by atoms with Crippen LogP contribution in [0.25, 0.3) is 0 Å². The average Bonchev–Trinajstić information content (AvgIpc) is 2.88. The van der Waals surface area contributed by atoms with Crippen LogP contribution in [-0.2, 0) is 27.4 Å². The fourth-order valence-corrected chi connectivity index (χ4v) is 3.70. The summed E-state index contributed by atoms with van der Waals surface area (Å²) in [6, 6.07) is 10.3. The zero-order chi connectivity index (χ0) is 28.8. The summed E-state index contributed by atoms with van der Waals surface area (Å²) in [6.07, 6.45) is -7.69. The standard InChI is InChI=1S/C28H32F6N2O2/c1-6-24(37)36-25(5,7-2)17-35-26(8-3,21-12-10-9-11-13-21)18-38-19(4)20-14-22(27(29,30)31)16-23(15-20)28(32,33)34/h7-16,19,35H,2-3,6,17-18H2,1,4-5H3,(H,36,37)/t19-,25-,26-/m1/s1. The van der Waals surface area contributed by atoms with E-state index in [1.165, 1.54) is 6.92 Å². The molecule has 2 aromatic carbocycles. The van der Waals surface area contributed by atoms with E-state index in [0.29, 0.717) is 17.7 Å². The molecule has 0 radical (unpaired) electrons. The van der Waals surface area contributed by atoms with Crippen LogP contribution in [0.4, 0.5) is 26.3 Å². The first-order valence-corrected chi connectivity index (χ1v) is 11.9. The number of benzene rings is 2. The fraction of sp³-hybridized carbons (Fsp3) is 0.393. The molecule has 0 fully saturated rings. The van der Waals surface area contributed by atoms with Crippen molar-refractivity contribution in [3.63, 3.8) is 0 Å². The highest BCUT2D eigenvalue weighted by Crippen LogP contribution is 2.38. The number of alkyl halides is 6. The summed E-state index contributed by atoms with van der Waals surface area (Å²) in [7, 11) is 0. The normalized spacial score (nSPS) is 16.1. The first kappa shape index (κ1) is 31.1. The maximum absolute atomic E-state index is 13.3. The average molecular weight is 543 g/mol. The Kier molecular flexibility index (Phi) is 9.96. The predicted octanol–water partition coefficient (Wildman–Crippen LogP) is 6.94. The van der Waals surface area contributed by atoms with Gasteiger partial charge in [0, 0.05) is 13.0 Å². The molecular formula is C28H32F6N2O2. The Bertz CT molecular complexity index is 1080. The van der Waals surface area contributed by atoms with Crippen molar-refractivity contribution in [2.45, 2.75) is 56.7 Å². The Balaban J connectivity index is 2.41. The summed E-state index contributed by atoms with van der Waals surface area (Å²) in [5.74, 6) is -0.201. The van der Waals surface area contributed by atoms with Crippen LogP contribution in [0, 0.1) is 0 Å². The molecule has 2 N–H and O–H groups in total. The lowest BCUT2D eigenvalue weighted by Gasteiger charge is -2.37. The largest absolute Gasteiger partial charge is 0.416 e. The second-order valence-electron chi connectivity index (χ2n) is 9.21. The van der Waals surface area contributed by atoms with E-state index in [0.717, 1.165) is 0 Å². The summed E-state index contributed by atoms with van der Waals surface area (Å²) in [5.41, 5.74) is -4.39. The molecule has 0 unspecified atom stereocenters. The second-order valence-corrected chi connectivity index (χ2v) is 9.21. The highest BCUT2D eigenvalue weighted by Gasteiger charge is 2.38. The number of carbonyl (C=O) groups is 1. The molecule has 10 heteroatoms. The summed E-state index contributed by atoms with van der Waals surface area (Å²) < 4.78 is 86.0. The van der Waals surface area contributed by atoms with E-state index in [2.05, 4.69) is 23.8 Å². The molecule has 0 aliphatic rings. The topological polar surface area (TPSA) is 50.4 Å². The maximum atomic E-state index is 13.3. The lowest BCUT2D eigenvalue weighted by Crippen LogP contribution is -2.56. The Labute approximate surface area is 218 Å². The molecular weight excluding hydrogens is 510 g/mol. The minimum atomic E-state index is -4.97. The SMILES string of the molecule is C=C[C@](CO[C@H](C)c1cc(C(F)(F)F)cc(C(F)(F)F)c1)(NC[C@@](C)(C=C)NC(=O)CC)c1ccccc1. The van der Waals surface area contributed by atoms with E-state index in [1.807, 2.05) is 0 Å². The van der Waals surface area contributed by atoms with Gasteiger partial charge in [-0.1, -0.05) is 49.4 Å². The third kappa shape index (κ3) is 7.94. The maximum Gasteiger partial charge on any atom is 0.416 e. The third-order valence-electron chi connectivity index (χ3n) is 6.25. The highest BCUT2D eigenvalue weighted by atomic mass is 19.4. The van der Waals surface area contributed by atoms with Crippen LogP contribution in [0.2, 0.25) is 0 Å². The number of hydrogen-bond donors (Lipinski definition) is 2. The van der Waals surface area contributed by atoms with Crippen molar-refractivity contribution in [1.29, 1.82) is 0 Å². The zero-order valence-electron chi connectivity index (χ0n) is 21.5. The van der Waals surface area contributed by atoms with Gasteiger partial charge in [-0.3, -0.25) is 10.1 Å². The molecule has 3 atom stereocenters. The van der Waals surface area contributed by atoms with Gasteiger partial charge in [-0.15, -0.1) is 13.2 Å². The second kappa shape index (κ2) is 12.2. The van der Waals surface area contributed by atoms with Gasteiger partial charge in [-0.25, -0.2) is 0 Å². The molecule has 0 saturated carbocycles. The van der Waals surface area contributed by atoms with Crippen LogP contribution < -0.4 is 10.6 Å². The van der Waals surface area contributed by atoms with E-state index < -0.39 is 40.7 Å². The van der Waals surface area contributed by atoms with Crippen molar-refractivity contribution < 1.29 is 35.9 Å². The van der Waals surface area contributed by atoms with Gasteiger partial charge < -0.3 is 10.1 Å². The van der Waals surface area contributed by atoms with Gasteiger partial charge in [0.1, 0.15) is 0 Å². The van der Waals surface area contributed by atoms with Crippen molar-refractivity contribution in [3.05, 3.63) is 96.1 Å². The molecule has 0 aliphatic heterocycles. The molecule has 0 aliphatic carbocycles. The van der Waals surface area contributed by atoms with E-state index in [9.17, 15) is 31.1 Å². The molecule has 2 aromatic rings. The zero-order valence-corrected chi connectivity index (χ0v) is 21.5. The number of nitrogens with one attached hydrogen (secondary N) is 2. The van der Waals surface area contributed by atoms with Gasteiger partial charge in [-0.05, 0) is 43.2 Å². The van der Waals surface area contributed by atoms with Gasteiger partial charge in [0.05, 0.1) is 34.9 Å². The van der Waals surface area contributed by atoms with Crippen LogP contribution >= 0.6 is 0 Å². The predicted molar refractivity (Wildman–Crippen MR) is 134 cm³/mol. The first-order valence-electron chi connectivity index (χ1n) is 11.9. The van der Waals surface area contributed by atoms with Crippen LogP contribution in [-0.4, -0.2) is 24.6 Å².